The molecule has 0 atom stereocenters. The topological polar surface area (TPSA) is 18.5 Å². The van der Waals surface area contributed by atoms with E-state index in [0.717, 1.165) is 66.1 Å². The van der Waals surface area contributed by atoms with Crippen molar-refractivity contribution in [2.75, 3.05) is 0 Å². The zero-order chi connectivity index (χ0) is 51.4. The van der Waals surface area contributed by atoms with Crippen LogP contribution >= 0.6 is 16.3 Å². The van der Waals surface area contributed by atoms with E-state index in [1.54, 1.807) is 0 Å². The van der Waals surface area contributed by atoms with Crippen molar-refractivity contribution < 1.29 is 9.05 Å². The van der Waals surface area contributed by atoms with Crippen molar-refractivity contribution in [2.45, 2.75) is 132 Å². The highest BCUT2D eigenvalue weighted by atomic mass is 31.1. The Morgan fingerprint density at radius 1 is 0.292 bits per heavy atom. The van der Waals surface area contributed by atoms with Gasteiger partial charge in [0, 0.05) is 43.5 Å². The number of hydrogen-bond acceptors (Lipinski definition) is 2. The Balaban J connectivity index is 1.58. The fourth-order valence-electron chi connectivity index (χ4n) is 10.0. The fraction of sp³-hybridized carbons (Fsp3) is 0.294. The van der Waals surface area contributed by atoms with E-state index in [1.165, 1.54) is 44.5 Å². The first-order chi connectivity index (χ1) is 34.5. The van der Waals surface area contributed by atoms with Gasteiger partial charge in [0.05, 0.1) is 0 Å². The van der Waals surface area contributed by atoms with Gasteiger partial charge >= 0.3 is 0 Å². The average molecular weight is 987 g/mol. The molecule has 0 heterocycles. The Bertz CT molecular complexity index is 2750. The van der Waals surface area contributed by atoms with Crippen LogP contribution in [0.5, 0.6) is 11.5 Å². The molecule has 0 saturated carbocycles. The van der Waals surface area contributed by atoms with Gasteiger partial charge in [-0.25, -0.2) is 0 Å². The largest absolute Gasteiger partial charge is 0.463 e. The Morgan fingerprint density at radius 3 is 0.764 bits per heavy atom. The predicted octanol–water partition coefficient (Wildman–Crippen LogP) is 18.9. The van der Waals surface area contributed by atoms with Crippen molar-refractivity contribution in [3.8, 4) is 44.9 Å². The van der Waals surface area contributed by atoms with Crippen LogP contribution in [0.2, 0.25) is 0 Å². The lowest BCUT2D eigenvalue weighted by molar-refractivity contribution is 0.623. The summed E-state index contributed by atoms with van der Waals surface area (Å²) in [5.41, 5.74) is 17.3. The summed E-state index contributed by atoms with van der Waals surface area (Å²) in [6.45, 7) is 32.6. The molecular formula is C68H76O2P2. The standard InChI is InChI=1S/C68H76O2P2/c1-43(2)51-39-59(45(5)6)65(60(40-51)46(7)8)57-37-35-49(13)63(67(57)69-71(53-27-19-15-20-28-53)54-29-21-16-22-30-54)64-50(14)36-38-58(66-61(47(9)10)41-52(44(3)4)42-62(66)48(11)12)68(64)70-72(55-31-23-17-24-32-55)56-33-25-18-26-34-56/h15-48H,1-14H3. The van der Waals surface area contributed by atoms with E-state index in [2.05, 4.69) is 267 Å². The monoisotopic (exact) mass is 987 g/mol. The summed E-state index contributed by atoms with van der Waals surface area (Å²) in [4.78, 5) is 0. The van der Waals surface area contributed by atoms with E-state index in [1.807, 2.05) is 0 Å². The summed E-state index contributed by atoms with van der Waals surface area (Å²) in [5.74, 6) is 3.62. The third-order valence-corrected chi connectivity index (χ3v) is 17.9. The van der Waals surface area contributed by atoms with Crippen molar-refractivity contribution in [1.29, 1.82) is 0 Å². The number of hydrogen-bond donors (Lipinski definition) is 0. The maximum Gasteiger partial charge on any atom is 0.150 e. The smallest absolute Gasteiger partial charge is 0.150 e. The molecule has 0 amide bonds. The van der Waals surface area contributed by atoms with Crippen LogP contribution in [0, 0.1) is 13.8 Å². The van der Waals surface area contributed by atoms with Gasteiger partial charge in [-0.1, -0.05) is 253 Å². The van der Waals surface area contributed by atoms with E-state index in [0.29, 0.717) is 11.8 Å². The Labute approximate surface area is 436 Å². The summed E-state index contributed by atoms with van der Waals surface area (Å²) in [7, 11) is -2.71. The molecule has 0 bridgehead atoms. The number of benzene rings is 8. The lowest BCUT2D eigenvalue weighted by atomic mass is 9.79. The molecule has 8 aromatic carbocycles. The maximum atomic E-state index is 8.10. The first-order valence-electron chi connectivity index (χ1n) is 26.4. The minimum Gasteiger partial charge on any atom is -0.463 e. The lowest BCUT2D eigenvalue weighted by Gasteiger charge is -2.31. The van der Waals surface area contributed by atoms with Crippen molar-refractivity contribution >= 4 is 37.5 Å². The summed E-state index contributed by atoms with van der Waals surface area (Å²) < 4.78 is 16.2. The Morgan fingerprint density at radius 2 is 0.542 bits per heavy atom. The van der Waals surface area contributed by atoms with Gasteiger partial charge in [-0.05, 0) is 105 Å². The quantitative estimate of drug-likeness (QED) is 0.0847. The first-order valence-corrected chi connectivity index (χ1v) is 28.9. The fourth-order valence-corrected chi connectivity index (χ4v) is 13.6. The molecule has 8 aromatic rings. The van der Waals surface area contributed by atoms with Gasteiger partial charge in [0.1, 0.15) is 11.5 Å². The highest BCUT2D eigenvalue weighted by Crippen LogP contribution is 2.57. The molecular weight excluding hydrogens is 911 g/mol. The minimum absolute atomic E-state index is 0.264. The Kier molecular flexibility index (Phi) is 16.8. The van der Waals surface area contributed by atoms with Gasteiger partial charge in [0.2, 0.25) is 0 Å². The first kappa shape index (κ1) is 52.5. The number of rotatable bonds is 17. The van der Waals surface area contributed by atoms with Crippen molar-refractivity contribution in [3.05, 3.63) is 214 Å². The molecule has 0 unspecified atom stereocenters. The summed E-state index contributed by atoms with van der Waals surface area (Å²) in [6.07, 6.45) is 0. The van der Waals surface area contributed by atoms with Crippen LogP contribution in [0.15, 0.2) is 170 Å². The lowest BCUT2D eigenvalue weighted by Crippen LogP contribution is -2.17. The summed E-state index contributed by atoms with van der Waals surface area (Å²) >= 11 is 0. The molecule has 4 heteroatoms. The molecule has 0 N–H and O–H groups in total. The van der Waals surface area contributed by atoms with Crippen molar-refractivity contribution in [2.24, 2.45) is 0 Å². The van der Waals surface area contributed by atoms with E-state index in [4.69, 9.17) is 9.05 Å². The molecule has 8 rings (SSSR count). The molecule has 0 saturated heterocycles. The molecule has 72 heavy (non-hydrogen) atoms. The Hall–Kier alpha value is -5.78. The zero-order valence-electron chi connectivity index (χ0n) is 45.3. The van der Waals surface area contributed by atoms with Crippen LogP contribution in [0.4, 0.5) is 0 Å². The van der Waals surface area contributed by atoms with E-state index in [-0.39, 0.29) is 23.7 Å². The third-order valence-electron chi connectivity index (χ3n) is 14.1. The molecule has 0 radical (unpaired) electrons. The van der Waals surface area contributed by atoms with Crippen LogP contribution in [0.1, 0.15) is 163 Å². The summed E-state index contributed by atoms with van der Waals surface area (Å²) in [5, 5.41) is 4.64. The third kappa shape index (κ3) is 11.1. The summed E-state index contributed by atoms with van der Waals surface area (Å²) in [6, 6.07) is 62.8. The second-order valence-electron chi connectivity index (χ2n) is 21.5. The van der Waals surface area contributed by atoms with Gasteiger partial charge < -0.3 is 9.05 Å². The van der Waals surface area contributed by atoms with Gasteiger partial charge in [-0.2, -0.15) is 0 Å². The van der Waals surface area contributed by atoms with E-state index >= 15 is 0 Å². The second kappa shape index (κ2) is 23.0. The van der Waals surface area contributed by atoms with Crippen molar-refractivity contribution in [3.63, 3.8) is 0 Å². The number of aryl methyl sites for hydroxylation is 2. The molecule has 0 aromatic heterocycles. The molecule has 0 fully saturated rings. The molecule has 0 spiro atoms. The van der Waals surface area contributed by atoms with Gasteiger partial charge in [0.25, 0.3) is 0 Å². The normalized spacial score (nSPS) is 11.9. The van der Waals surface area contributed by atoms with Gasteiger partial charge in [0.15, 0.2) is 16.3 Å². The van der Waals surface area contributed by atoms with Crippen LogP contribution in [0.25, 0.3) is 33.4 Å². The van der Waals surface area contributed by atoms with E-state index < -0.39 is 16.3 Å². The molecule has 370 valence electrons. The van der Waals surface area contributed by atoms with Crippen LogP contribution in [-0.2, 0) is 0 Å². The van der Waals surface area contributed by atoms with Crippen molar-refractivity contribution in [1.82, 2.24) is 0 Å². The zero-order valence-corrected chi connectivity index (χ0v) is 47.1. The van der Waals surface area contributed by atoms with E-state index in [9.17, 15) is 0 Å². The van der Waals surface area contributed by atoms with Crippen LogP contribution in [-0.4, -0.2) is 0 Å². The SMILES string of the molecule is Cc1ccc(-c2c(C(C)C)cc(C(C)C)cc2C(C)C)c(OP(c2ccccc2)c2ccccc2)c1-c1c(C)ccc(-c2c(C(C)C)cc(C(C)C)cc2C(C)C)c1OP(c1ccccc1)c1ccccc1. The molecule has 0 aliphatic carbocycles. The van der Waals surface area contributed by atoms with Gasteiger partial charge in [-0.3, -0.25) is 0 Å². The van der Waals surface area contributed by atoms with Gasteiger partial charge in [-0.15, -0.1) is 0 Å². The maximum absolute atomic E-state index is 8.10. The minimum atomic E-state index is -1.35. The average Bonchev–Trinajstić information content (AvgIpc) is 3.37. The highest BCUT2D eigenvalue weighted by molar-refractivity contribution is 7.69. The van der Waals surface area contributed by atoms with Crippen LogP contribution < -0.4 is 30.3 Å². The van der Waals surface area contributed by atoms with Crippen LogP contribution in [0.3, 0.4) is 0 Å². The highest BCUT2D eigenvalue weighted by Gasteiger charge is 2.33. The second-order valence-corrected chi connectivity index (χ2v) is 25.1. The molecule has 0 aliphatic heterocycles. The predicted molar refractivity (Wildman–Crippen MR) is 316 cm³/mol. The molecule has 0 aliphatic rings. The molecule has 2 nitrogen and oxygen atoms in total.